The van der Waals surface area contributed by atoms with Crippen molar-refractivity contribution < 1.29 is 18.8 Å². The fourth-order valence-electron chi connectivity index (χ4n) is 1.64. The van der Waals surface area contributed by atoms with Crippen LogP contribution in [0.1, 0.15) is 46.5 Å². The molecule has 0 aromatic rings. The molecule has 0 aromatic carbocycles. The molecule has 0 amide bonds. The maximum atomic E-state index is 10.3. The summed E-state index contributed by atoms with van der Waals surface area (Å²) >= 11 is 0. The Kier molecular flexibility index (Phi) is 6.97. The summed E-state index contributed by atoms with van der Waals surface area (Å²) in [6.45, 7) is 10.8. The summed E-state index contributed by atoms with van der Waals surface area (Å²) in [5.74, 6) is -0.725. The van der Waals surface area contributed by atoms with Crippen LogP contribution in [-0.2, 0) is 13.6 Å². The van der Waals surface area contributed by atoms with E-state index in [0.717, 1.165) is 19.3 Å². The molecular formula is C12H26O4Si. The Hall–Kier alpha value is -0.393. The largest absolute Gasteiger partial charge is 0.481 e. The second-order valence-electron chi connectivity index (χ2n) is 5.67. The third-order valence-corrected chi connectivity index (χ3v) is 4.04. The number of rotatable bonds is 8. The lowest BCUT2D eigenvalue weighted by molar-refractivity contribution is -0.137. The van der Waals surface area contributed by atoms with Crippen molar-refractivity contribution in [2.45, 2.75) is 65.1 Å². The monoisotopic (exact) mass is 262 g/mol. The predicted octanol–water partition coefficient (Wildman–Crippen LogP) is 3.16. The van der Waals surface area contributed by atoms with E-state index in [1.54, 1.807) is 0 Å². The van der Waals surface area contributed by atoms with Gasteiger partial charge in [0.05, 0.1) is 5.60 Å². The van der Waals surface area contributed by atoms with Crippen LogP contribution in [0.5, 0.6) is 0 Å². The second kappa shape index (κ2) is 7.13. The molecule has 0 rings (SSSR count). The van der Waals surface area contributed by atoms with E-state index in [4.69, 9.17) is 14.0 Å². The van der Waals surface area contributed by atoms with E-state index in [1.807, 2.05) is 33.9 Å². The van der Waals surface area contributed by atoms with Crippen LogP contribution in [0.25, 0.3) is 0 Å². The van der Waals surface area contributed by atoms with Gasteiger partial charge in [0.15, 0.2) is 0 Å². The molecule has 0 bridgehead atoms. The van der Waals surface area contributed by atoms with Crippen molar-refractivity contribution in [3.05, 3.63) is 0 Å². The predicted molar refractivity (Wildman–Crippen MR) is 70.4 cm³/mol. The molecule has 0 saturated heterocycles. The molecule has 0 saturated carbocycles. The van der Waals surface area contributed by atoms with Gasteiger partial charge in [-0.25, -0.2) is 0 Å². The quantitative estimate of drug-likeness (QED) is 0.539. The minimum Gasteiger partial charge on any atom is -0.481 e. The molecule has 0 radical (unpaired) electrons. The van der Waals surface area contributed by atoms with E-state index < -0.39 is 14.5 Å². The van der Waals surface area contributed by atoms with Crippen LogP contribution >= 0.6 is 0 Å². The van der Waals surface area contributed by atoms with Crippen LogP contribution in [0, 0.1) is 0 Å². The Labute approximate surface area is 106 Å². The van der Waals surface area contributed by atoms with Gasteiger partial charge >= 0.3 is 14.5 Å². The molecule has 0 aliphatic heterocycles. The first-order valence-corrected chi connectivity index (χ1v) is 9.00. The van der Waals surface area contributed by atoms with E-state index in [0.29, 0.717) is 6.61 Å². The van der Waals surface area contributed by atoms with E-state index in [2.05, 4.69) is 0 Å². The molecule has 1 N–H and O–H groups in total. The fraction of sp³-hybridized carbons (Fsp3) is 0.917. The van der Waals surface area contributed by atoms with Crippen molar-refractivity contribution >= 4 is 14.5 Å². The number of carbonyl (C=O) groups is 1. The zero-order valence-electron chi connectivity index (χ0n) is 11.7. The summed E-state index contributed by atoms with van der Waals surface area (Å²) in [7, 11) is -2.04. The van der Waals surface area contributed by atoms with E-state index >= 15 is 0 Å². The SMILES string of the molecule is CC(C)(C)O[Si](C)(C)OCCCCCC(=O)O. The second-order valence-corrected chi connectivity index (χ2v) is 8.96. The van der Waals surface area contributed by atoms with Gasteiger partial charge in [0.1, 0.15) is 0 Å². The molecule has 0 aromatic heterocycles. The molecule has 0 aliphatic rings. The third-order valence-electron chi connectivity index (χ3n) is 2.04. The van der Waals surface area contributed by atoms with Gasteiger partial charge in [-0.15, -0.1) is 0 Å². The highest BCUT2D eigenvalue weighted by Crippen LogP contribution is 2.18. The maximum absolute atomic E-state index is 10.3. The molecule has 5 heteroatoms. The summed E-state index contributed by atoms with van der Waals surface area (Å²) in [4.78, 5) is 10.3. The zero-order chi connectivity index (χ0) is 13.5. The van der Waals surface area contributed by atoms with Crippen molar-refractivity contribution in [1.29, 1.82) is 0 Å². The van der Waals surface area contributed by atoms with Crippen LogP contribution in [0.4, 0.5) is 0 Å². The summed E-state index contributed by atoms with van der Waals surface area (Å²) in [6.07, 6.45) is 2.77. The molecule has 0 aliphatic carbocycles. The van der Waals surface area contributed by atoms with Gasteiger partial charge in [-0.1, -0.05) is 6.42 Å². The van der Waals surface area contributed by atoms with Crippen LogP contribution in [0.3, 0.4) is 0 Å². The average molecular weight is 262 g/mol. The maximum Gasteiger partial charge on any atom is 0.332 e. The standard InChI is InChI=1S/C12H26O4Si/c1-12(2,3)16-17(4,5)15-10-8-6-7-9-11(13)14/h6-10H2,1-5H3,(H,13,14). The number of hydrogen-bond acceptors (Lipinski definition) is 3. The fourth-order valence-corrected chi connectivity index (χ4v) is 3.81. The Morgan fingerprint density at radius 2 is 1.76 bits per heavy atom. The van der Waals surface area contributed by atoms with Gasteiger partial charge in [-0.05, 0) is 46.7 Å². The highest BCUT2D eigenvalue weighted by Gasteiger charge is 2.30. The molecule has 0 spiro atoms. The summed E-state index contributed by atoms with van der Waals surface area (Å²) in [5, 5.41) is 8.48. The van der Waals surface area contributed by atoms with E-state index in [1.165, 1.54) is 0 Å². The van der Waals surface area contributed by atoms with Gasteiger partial charge in [0.2, 0.25) is 0 Å². The number of hydrogen-bond donors (Lipinski definition) is 1. The molecule has 102 valence electrons. The van der Waals surface area contributed by atoms with Crippen molar-refractivity contribution in [3.63, 3.8) is 0 Å². The van der Waals surface area contributed by atoms with Gasteiger partial charge in [-0.3, -0.25) is 4.79 Å². The van der Waals surface area contributed by atoms with Gasteiger partial charge < -0.3 is 14.0 Å². The molecule has 4 nitrogen and oxygen atoms in total. The van der Waals surface area contributed by atoms with Crippen LogP contribution in [-0.4, -0.2) is 31.8 Å². The van der Waals surface area contributed by atoms with Crippen LogP contribution in [0.2, 0.25) is 13.1 Å². The number of unbranched alkanes of at least 4 members (excludes halogenated alkanes) is 2. The zero-order valence-corrected chi connectivity index (χ0v) is 12.7. The van der Waals surface area contributed by atoms with Crippen LogP contribution < -0.4 is 0 Å². The van der Waals surface area contributed by atoms with Crippen molar-refractivity contribution in [2.75, 3.05) is 6.61 Å². The Morgan fingerprint density at radius 1 is 1.18 bits per heavy atom. The third kappa shape index (κ3) is 11.9. The smallest absolute Gasteiger partial charge is 0.332 e. The lowest BCUT2D eigenvalue weighted by Crippen LogP contribution is -2.42. The van der Waals surface area contributed by atoms with Crippen molar-refractivity contribution in [1.82, 2.24) is 0 Å². The number of carboxylic acid groups (broad SMARTS) is 1. The summed E-state index contributed by atoms with van der Waals surface area (Å²) in [5.41, 5.74) is -0.168. The normalized spacial score (nSPS) is 12.8. The Morgan fingerprint density at radius 3 is 2.24 bits per heavy atom. The molecule has 0 heterocycles. The Bertz CT molecular complexity index is 233. The lowest BCUT2D eigenvalue weighted by atomic mass is 10.2. The summed E-state index contributed by atoms with van der Waals surface area (Å²) < 4.78 is 11.7. The first-order chi connectivity index (χ1) is 7.62. The molecule has 17 heavy (non-hydrogen) atoms. The van der Waals surface area contributed by atoms with E-state index in [9.17, 15) is 4.79 Å². The van der Waals surface area contributed by atoms with Gasteiger partial charge in [0, 0.05) is 13.0 Å². The topological polar surface area (TPSA) is 55.8 Å². The van der Waals surface area contributed by atoms with Gasteiger partial charge in [-0.2, -0.15) is 0 Å². The van der Waals surface area contributed by atoms with Crippen molar-refractivity contribution in [2.24, 2.45) is 0 Å². The first-order valence-electron chi connectivity index (χ1n) is 6.18. The minimum absolute atomic E-state index is 0.168. The Balaban J connectivity index is 3.62. The minimum atomic E-state index is -2.04. The lowest BCUT2D eigenvalue weighted by Gasteiger charge is -2.31. The summed E-state index contributed by atoms with van der Waals surface area (Å²) in [6, 6.07) is 0. The molecule has 0 atom stereocenters. The van der Waals surface area contributed by atoms with E-state index in [-0.39, 0.29) is 12.0 Å². The van der Waals surface area contributed by atoms with Gasteiger partial charge in [0.25, 0.3) is 0 Å². The average Bonchev–Trinajstić information content (AvgIpc) is 2.06. The molecule has 0 unspecified atom stereocenters. The highest BCUT2D eigenvalue weighted by molar-refractivity contribution is 6.64. The molecule has 0 fully saturated rings. The highest BCUT2D eigenvalue weighted by atomic mass is 28.4. The molecular weight excluding hydrogens is 236 g/mol. The first kappa shape index (κ1) is 16.6. The van der Waals surface area contributed by atoms with Crippen LogP contribution in [0.15, 0.2) is 0 Å². The number of carboxylic acids is 1. The number of aliphatic carboxylic acids is 1. The van der Waals surface area contributed by atoms with Crippen molar-refractivity contribution in [3.8, 4) is 0 Å².